The van der Waals surface area contributed by atoms with Gasteiger partial charge in [0, 0.05) is 25.3 Å². The number of H-pyrrole nitrogens is 2. The highest BCUT2D eigenvalue weighted by Gasteiger charge is 2.70. The Morgan fingerprint density at radius 2 is 1.55 bits per heavy atom. The van der Waals surface area contributed by atoms with Gasteiger partial charge in [0.1, 0.15) is 23.1 Å². The number of methoxy groups -OCH3 is 1. The van der Waals surface area contributed by atoms with E-state index < -0.39 is 35.7 Å². The first-order valence-corrected chi connectivity index (χ1v) is 19.0. The quantitative estimate of drug-likeness (QED) is 0.188. The lowest BCUT2D eigenvalue weighted by Gasteiger charge is -2.29. The molecule has 5 heterocycles. The fourth-order valence-electron chi connectivity index (χ4n) is 8.26. The summed E-state index contributed by atoms with van der Waals surface area (Å²) in [6, 6.07) is 14.6. The molecule has 1 aliphatic carbocycles. The van der Waals surface area contributed by atoms with Gasteiger partial charge in [-0.2, -0.15) is 13.2 Å². The molecule has 1 saturated carbocycles. The minimum atomic E-state index is -4.54. The molecule has 15 heteroatoms. The van der Waals surface area contributed by atoms with Gasteiger partial charge in [-0.1, -0.05) is 48.5 Å². The standard InChI is InChI=1S/C40H44F3N7O5/c1-54-38(53)47-28-6-2-3-21-55-23-30-33(48-35(46-30)32-8-4-19-49(32)36(28)51)27-15-11-25(12-16-27)24-9-13-26(14-10-24)29-22-44-34(45-29)31-7-5-20-50(31)37(52)39(17-18-39)40(41,42)43/h9-16,22,28,31-32H,2-8,17-21,23H2,1H3,(H,44,45)(H,46,48)(H,47,53)/t28-,31-,32-/m0/s1. The molecule has 12 nitrogen and oxygen atoms in total. The van der Waals surface area contributed by atoms with Crippen LogP contribution >= 0.6 is 0 Å². The summed E-state index contributed by atoms with van der Waals surface area (Å²) >= 11 is 0. The van der Waals surface area contributed by atoms with Gasteiger partial charge in [0.05, 0.1) is 49.1 Å². The SMILES string of the molecule is COC(=O)N[C@H]1CCCCOCc2[nH]c(nc2-c2ccc(-c3ccc(-c4cnc([C@@H]5CCCN5C(=O)C5(C(F)(F)F)CC5)[nH]4)cc3)cc2)[C@@H]2CCCN2C1=O. The molecule has 290 valence electrons. The van der Waals surface area contributed by atoms with Crippen molar-refractivity contribution >= 4 is 17.9 Å². The predicted octanol–water partition coefficient (Wildman–Crippen LogP) is 7.23. The van der Waals surface area contributed by atoms with Crippen LogP contribution in [-0.4, -0.2) is 86.7 Å². The number of nitrogens with zero attached hydrogens (tertiary/aromatic N) is 4. The number of fused-ring (bicyclic) bond motifs is 4. The van der Waals surface area contributed by atoms with Gasteiger partial charge in [0.2, 0.25) is 11.8 Å². The molecule has 0 spiro atoms. The highest BCUT2D eigenvalue weighted by Crippen LogP contribution is 2.59. The molecule has 3 aliphatic heterocycles. The van der Waals surface area contributed by atoms with Gasteiger partial charge >= 0.3 is 12.3 Å². The number of hydrogen-bond donors (Lipinski definition) is 3. The number of nitrogens with one attached hydrogen (secondary N) is 3. The van der Waals surface area contributed by atoms with E-state index in [1.807, 2.05) is 53.4 Å². The minimum Gasteiger partial charge on any atom is -0.453 e. The molecule has 2 bridgehead atoms. The maximum absolute atomic E-state index is 13.7. The Morgan fingerprint density at radius 1 is 0.873 bits per heavy atom. The number of ether oxygens (including phenoxy) is 2. The second-order valence-electron chi connectivity index (χ2n) is 14.9. The molecule has 4 aromatic rings. The van der Waals surface area contributed by atoms with Gasteiger partial charge in [0.15, 0.2) is 0 Å². The molecule has 4 aliphatic rings. The number of rotatable bonds is 6. The van der Waals surface area contributed by atoms with Gasteiger partial charge in [-0.05, 0) is 74.5 Å². The van der Waals surface area contributed by atoms with Gasteiger partial charge in [-0.15, -0.1) is 0 Å². The molecule has 3 atom stereocenters. The number of carbonyl (C=O) groups is 3. The van der Waals surface area contributed by atoms with Crippen molar-refractivity contribution in [2.75, 3.05) is 26.8 Å². The Bertz CT molecular complexity index is 2040. The van der Waals surface area contributed by atoms with Crippen LogP contribution in [0.1, 0.15) is 87.2 Å². The van der Waals surface area contributed by atoms with Crippen LogP contribution in [0.15, 0.2) is 54.7 Å². The Labute approximate surface area is 316 Å². The average molecular weight is 760 g/mol. The molecule has 0 unspecified atom stereocenters. The van der Waals surface area contributed by atoms with E-state index in [1.54, 1.807) is 6.20 Å². The largest absolute Gasteiger partial charge is 0.453 e. The number of benzene rings is 2. The normalized spacial score (nSPS) is 22.7. The first kappa shape index (κ1) is 36.8. The van der Waals surface area contributed by atoms with Crippen molar-refractivity contribution in [1.82, 2.24) is 35.1 Å². The zero-order valence-corrected chi connectivity index (χ0v) is 30.6. The number of halogens is 3. The second-order valence-corrected chi connectivity index (χ2v) is 14.9. The molecular formula is C40H44F3N7O5. The van der Waals surface area contributed by atoms with Crippen molar-refractivity contribution in [3.05, 3.63) is 72.1 Å². The first-order chi connectivity index (χ1) is 26.6. The lowest BCUT2D eigenvalue weighted by molar-refractivity contribution is -0.199. The number of hydrogen-bond acceptors (Lipinski definition) is 7. The number of aromatic nitrogens is 4. The van der Waals surface area contributed by atoms with Crippen molar-refractivity contribution in [2.45, 2.75) is 88.7 Å². The van der Waals surface area contributed by atoms with Crippen molar-refractivity contribution < 1.29 is 37.0 Å². The zero-order valence-electron chi connectivity index (χ0n) is 30.6. The van der Waals surface area contributed by atoms with E-state index in [1.165, 1.54) is 12.0 Å². The zero-order chi connectivity index (χ0) is 38.3. The van der Waals surface area contributed by atoms with E-state index >= 15 is 0 Å². The molecule has 55 heavy (non-hydrogen) atoms. The summed E-state index contributed by atoms with van der Waals surface area (Å²) in [5, 5.41) is 2.72. The van der Waals surface area contributed by atoms with Crippen molar-refractivity contribution in [2.24, 2.45) is 5.41 Å². The molecule has 3 fully saturated rings. The third-order valence-corrected chi connectivity index (χ3v) is 11.5. The van der Waals surface area contributed by atoms with E-state index in [2.05, 4.69) is 20.3 Å². The monoisotopic (exact) mass is 759 g/mol. The lowest BCUT2D eigenvalue weighted by atomic mass is 10.0. The van der Waals surface area contributed by atoms with E-state index in [0.717, 1.165) is 58.6 Å². The van der Waals surface area contributed by atoms with Crippen LogP contribution in [0.2, 0.25) is 0 Å². The third-order valence-electron chi connectivity index (χ3n) is 11.5. The number of carbonyl (C=O) groups excluding carboxylic acids is 3. The van der Waals surface area contributed by atoms with Crippen LogP contribution < -0.4 is 5.32 Å². The van der Waals surface area contributed by atoms with Gasteiger partial charge in [-0.3, -0.25) is 9.59 Å². The number of amides is 3. The van der Waals surface area contributed by atoms with E-state index in [4.69, 9.17) is 14.5 Å². The summed E-state index contributed by atoms with van der Waals surface area (Å²) in [7, 11) is 1.29. The molecule has 3 N–H and O–H groups in total. The summed E-state index contributed by atoms with van der Waals surface area (Å²) in [4.78, 5) is 58.3. The maximum atomic E-state index is 13.7. The average Bonchev–Trinajstić information content (AvgIpc) is 3.64. The molecule has 8 rings (SSSR count). The number of alkyl carbamates (subject to hydrolysis) is 1. The Balaban J connectivity index is 0.977. The van der Waals surface area contributed by atoms with E-state index in [0.29, 0.717) is 63.6 Å². The number of aromatic amines is 2. The van der Waals surface area contributed by atoms with Crippen LogP contribution in [-0.2, 0) is 25.7 Å². The van der Waals surface area contributed by atoms with Gasteiger partial charge in [-0.25, -0.2) is 14.8 Å². The van der Waals surface area contributed by atoms with E-state index in [9.17, 15) is 27.6 Å². The fraction of sp³-hybridized carbons (Fsp3) is 0.475. The number of imidazole rings is 2. The summed E-state index contributed by atoms with van der Waals surface area (Å²) in [6.07, 6.45) is 0.879. The van der Waals surface area contributed by atoms with Crippen LogP contribution in [0.25, 0.3) is 33.6 Å². The smallest absolute Gasteiger partial charge is 0.407 e. The summed E-state index contributed by atoms with van der Waals surface area (Å²) in [6.45, 7) is 1.70. The van der Waals surface area contributed by atoms with E-state index in [-0.39, 0.29) is 24.8 Å². The summed E-state index contributed by atoms with van der Waals surface area (Å²) in [5.41, 5.74) is 3.84. The summed E-state index contributed by atoms with van der Waals surface area (Å²) in [5.74, 6) is 0.219. The second kappa shape index (κ2) is 14.8. The van der Waals surface area contributed by atoms with Crippen molar-refractivity contribution in [3.8, 4) is 33.6 Å². The summed E-state index contributed by atoms with van der Waals surface area (Å²) < 4.78 is 52.0. The van der Waals surface area contributed by atoms with Gasteiger partial charge in [0.25, 0.3) is 0 Å². The predicted molar refractivity (Wildman–Crippen MR) is 195 cm³/mol. The molecule has 3 amide bonds. The molecule has 2 aromatic heterocycles. The highest BCUT2D eigenvalue weighted by atomic mass is 19.4. The minimum absolute atomic E-state index is 0.140. The fourth-order valence-corrected chi connectivity index (χ4v) is 8.26. The van der Waals surface area contributed by atoms with Crippen molar-refractivity contribution in [3.63, 3.8) is 0 Å². The van der Waals surface area contributed by atoms with Crippen molar-refractivity contribution in [1.29, 1.82) is 0 Å². The topological polar surface area (TPSA) is 146 Å². The van der Waals surface area contributed by atoms with Crippen LogP contribution in [0.5, 0.6) is 0 Å². The van der Waals surface area contributed by atoms with Crippen LogP contribution in [0.4, 0.5) is 18.0 Å². The Morgan fingerprint density at radius 3 is 2.24 bits per heavy atom. The molecular weight excluding hydrogens is 715 g/mol. The van der Waals surface area contributed by atoms with Gasteiger partial charge < -0.3 is 34.6 Å². The van der Waals surface area contributed by atoms with Crippen LogP contribution in [0.3, 0.4) is 0 Å². The lowest BCUT2D eigenvalue weighted by Crippen LogP contribution is -2.48. The molecule has 2 aromatic carbocycles. The Hall–Kier alpha value is -5.18. The number of alkyl halides is 3. The Kier molecular flexibility index (Phi) is 9.90. The highest BCUT2D eigenvalue weighted by molar-refractivity contribution is 5.87. The first-order valence-electron chi connectivity index (χ1n) is 19.0. The third kappa shape index (κ3) is 7.09. The number of likely N-dealkylation sites (tertiary alicyclic amines) is 1. The maximum Gasteiger partial charge on any atom is 0.407 e. The molecule has 2 saturated heterocycles. The molecule has 0 radical (unpaired) electrons. The van der Waals surface area contributed by atoms with Crippen LogP contribution in [0, 0.1) is 5.41 Å².